The molecule has 1 aliphatic carbocycles. The maximum absolute atomic E-state index is 7.14. The first kappa shape index (κ1) is 8.29. The lowest BCUT2D eigenvalue weighted by atomic mass is 9.93. The first-order valence-corrected chi connectivity index (χ1v) is 4.61. The van der Waals surface area contributed by atoms with Gasteiger partial charge in [0.05, 0.1) is 17.9 Å². The van der Waals surface area contributed by atoms with Crippen LogP contribution in [0.5, 0.6) is 0 Å². The molecular weight excluding hydrogens is 164 g/mol. The van der Waals surface area contributed by atoms with E-state index in [1.54, 1.807) is 0 Å². The van der Waals surface area contributed by atoms with Gasteiger partial charge in [-0.05, 0) is 19.3 Å². The Kier molecular flexibility index (Phi) is 2.04. The summed E-state index contributed by atoms with van der Waals surface area (Å²) in [5.41, 5.74) is 6.19. The minimum Gasteiger partial charge on any atom is -0.387 e. The summed E-state index contributed by atoms with van der Waals surface area (Å²) >= 11 is 0. The molecule has 0 amide bonds. The molecule has 4 nitrogen and oxygen atoms in total. The summed E-state index contributed by atoms with van der Waals surface area (Å²) in [4.78, 5) is 4.20. The van der Waals surface area contributed by atoms with Gasteiger partial charge in [0, 0.05) is 18.7 Å². The van der Waals surface area contributed by atoms with Crippen LogP contribution in [-0.2, 0) is 6.42 Å². The third kappa shape index (κ3) is 1.71. The first-order chi connectivity index (χ1) is 6.25. The molecule has 13 heavy (non-hydrogen) atoms. The highest BCUT2D eigenvalue weighted by atomic mass is 15.1. The van der Waals surface area contributed by atoms with Crippen LogP contribution in [0.15, 0.2) is 12.5 Å². The number of hydrogen-bond donors (Lipinski definition) is 2. The summed E-state index contributed by atoms with van der Waals surface area (Å²) in [5.74, 6) is 0.179. The molecule has 1 aliphatic rings. The van der Waals surface area contributed by atoms with Crippen molar-refractivity contribution < 1.29 is 0 Å². The average Bonchev–Trinajstić information content (AvgIpc) is 2.31. The predicted molar refractivity (Wildman–Crippen MR) is 50.7 cm³/mol. The maximum atomic E-state index is 7.14. The fourth-order valence-electron chi connectivity index (χ4n) is 1.55. The van der Waals surface area contributed by atoms with Crippen LogP contribution in [0.3, 0.4) is 0 Å². The molecule has 0 aromatic carbocycles. The number of imidazole rings is 1. The standard InChI is InChI=1S/C9H14N4/c10-9(11)4-7-5-13(6-12-7)8-2-1-3-8/h5-6,8H,1-4H2,(H3,10,11). The molecule has 1 heterocycles. The van der Waals surface area contributed by atoms with Gasteiger partial charge in [-0.3, -0.25) is 5.41 Å². The molecule has 0 radical (unpaired) electrons. The van der Waals surface area contributed by atoms with E-state index in [4.69, 9.17) is 11.1 Å². The van der Waals surface area contributed by atoms with E-state index in [2.05, 4.69) is 9.55 Å². The molecule has 0 saturated heterocycles. The molecule has 0 unspecified atom stereocenters. The van der Waals surface area contributed by atoms with Gasteiger partial charge in [0.1, 0.15) is 0 Å². The second-order valence-corrected chi connectivity index (χ2v) is 3.60. The van der Waals surface area contributed by atoms with E-state index < -0.39 is 0 Å². The number of nitrogens with zero attached hydrogens (tertiary/aromatic N) is 2. The quantitative estimate of drug-likeness (QED) is 0.537. The Hall–Kier alpha value is -1.32. The summed E-state index contributed by atoms with van der Waals surface area (Å²) in [5, 5.41) is 7.14. The Labute approximate surface area is 77.3 Å². The van der Waals surface area contributed by atoms with E-state index in [9.17, 15) is 0 Å². The highest BCUT2D eigenvalue weighted by Gasteiger charge is 2.19. The van der Waals surface area contributed by atoms with Crippen LogP contribution in [0.1, 0.15) is 31.0 Å². The summed E-state index contributed by atoms with van der Waals surface area (Å²) in [7, 11) is 0. The van der Waals surface area contributed by atoms with Crippen molar-refractivity contribution in [3.05, 3.63) is 18.2 Å². The Morgan fingerprint density at radius 1 is 1.69 bits per heavy atom. The zero-order valence-electron chi connectivity index (χ0n) is 7.53. The predicted octanol–water partition coefficient (Wildman–Crippen LogP) is 1.09. The van der Waals surface area contributed by atoms with Crippen molar-refractivity contribution >= 4 is 5.84 Å². The van der Waals surface area contributed by atoms with Crippen LogP contribution in [0.4, 0.5) is 0 Å². The van der Waals surface area contributed by atoms with Crippen molar-refractivity contribution in [2.24, 2.45) is 5.73 Å². The number of nitrogens with two attached hydrogens (primary N) is 1. The second-order valence-electron chi connectivity index (χ2n) is 3.60. The molecule has 0 atom stereocenters. The van der Waals surface area contributed by atoms with Crippen LogP contribution >= 0.6 is 0 Å². The smallest absolute Gasteiger partial charge is 0.0966 e. The van der Waals surface area contributed by atoms with E-state index in [0.29, 0.717) is 12.5 Å². The van der Waals surface area contributed by atoms with E-state index in [1.807, 2.05) is 12.5 Å². The normalized spacial score (nSPS) is 16.9. The highest BCUT2D eigenvalue weighted by Crippen LogP contribution is 2.31. The molecule has 0 spiro atoms. The Bertz CT molecular complexity index is 311. The van der Waals surface area contributed by atoms with Gasteiger partial charge in [0.25, 0.3) is 0 Å². The van der Waals surface area contributed by atoms with Crippen LogP contribution in [0.25, 0.3) is 0 Å². The lowest BCUT2D eigenvalue weighted by Gasteiger charge is -2.26. The summed E-state index contributed by atoms with van der Waals surface area (Å²) in [6.07, 6.45) is 8.17. The van der Waals surface area contributed by atoms with Crippen LogP contribution in [0, 0.1) is 5.41 Å². The minimum absolute atomic E-state index is 0.179. The van der Waals surface area contributed by atoms with Crippen molar-refractivity contribution in [1.82, 2.24) is 9.55 Å². The number of rotatable bonds is 3. The number of amidine groups is 1. The van der Waals surface area contributed by atoms with E-state index in [0.717, 1.165) is 5.69 Å². The fourth-order valence-corrected chi connectivity index (χ4v) is 1.55. The molecule has 1 fully saturated rings. The van der Waals surface area contributed by atoms with Crippen LogP contribution < -0.4 is 5.73 Å². The largest absolute Gasteiger partial charge is 0.387 e. The molecule has 0 bridgehead atoms. The Morgan fingerprint density at radius 3 is 3.00 bits per heavy atom. The van der Waals surface area contributed by atoms with Gasteiger partial charge in [-0.15, -0.1) is 0 Å². The second kappa shape index (κ2) is 3.20. The van der Waals surface area contributed by atoms with Gasteiger partial charge < -0.3 is 10.3 Å². The van der Waals surface area contributed by atoms with Crippen molar-refractivity contribution in [2.45, 2.75) is 31.7 Å². The number of aromatic nitrogens is 2. The van der Waals surface area contributed by atoms with Crippen molar-refractivity contribution in [2.75, 3.05) is 0 Å². The van der Waals surface area contributed by atoms with Crippen molar-refractivity contribution in [3.63, 3.8) is 0 Å². The van der Waals surface area contributed by atoms with Gasteiger partial charge in [-0.2, -0.15) is 0 Å². The van der Waals surface area contributed by atoms with E-state index in [-0.39, 0.29) is 5.84 Å². The maximum Gasteiger partial charge on any atom is 0.0966 e. The monoisotopic (exact) mass is 178 g/mol. The zero-order valence-corrected chi connectivity index (χ0v) is 7.53. The third-order valence-electron chi connectivity index (χ3n) is 2.52. The van der Waals surface area contributed by atoms with Gasteiger partial charge in [0.2, 0.25) is 0 Å². The summed E-state index contributed by atoms with van der Waals surface area (Å²) in [6.45, 7) is 0. The molecule has 1 aromatic heterocycles. The topological polar surface area (TPSA) is 67.7 Å². The van der Waals surface area contributed by atoms with E-state index in [1.165, 1.54) is 19.3 Å². The van der Waals surface area contributed by atoms with Gasteiger partial charge in [-0.1, -0.05) is 0 Å². The summed E-state index contributed by atoms with van der Waals surface area (Å²) in [6, 6.07) is 0.646. The average molecular weight is 178 g/mol. The minimum atomic E-state index is 0.179. The van der Waals surface area contributed by atoms with E-state index >= 15 is 0 Å². The Balaban J connectivity index is 2.04. The first-order valence-electron chi connectivity index (χ1n) is 4.61. The van der Waals surface area contributed by atoms with Crippen LogP contribution in [0.2, 0.25) is 0 Å². The number of hydrogen-bond acceptors (Lipinski definition) is 2. The van der Waals surface area contributed by atoms with Crippen molar-refractivity contribution in [3.8, 4) is 0 Å². The molecule has 1 saturated carbocycles. The van der Waals surface area contributed by atoms with Gasteiger partial charge in [-0.25, -0.2) is 4.98 Å². The van der Waals surface area contributed by atoms with Gasteiger partial charge >= 0.3 is 0 Å². The highest BCUT2D eigenvalue weighted by molar-refractivity contribution is 5.78. The molecule has 0 aliphatic heterocycles. The zero-order chi connectivity index (χ0) is 9.26. The third-order valence-corrected chi connectivity index (χ3v) is 2.52. The molecular formula is C9H14N4. The lowest BCUT2D eigenvalue weighted by Crippen LogP contribution is -2.15. The molecule has 70 valence electrons. The Morgan fingerprint density at radius 2 is 2.46 bits per heavy atom. The van der Waals surface area contributed by atoms with Gasteiger partial charge in [0.15, 0.2) is 0 Å². The van der Waals surface area contributed by atoms with Crippen molar-refractivity contribution in [1.29, 1.82) is 5.41 Å². The SMILES string of the molecule is N=C(N)Cc1cn(C2CCC2)cn1. The number of nitrogens with one attached hydrogen (secondary N) is 1. The lowest BCUT2D eigenvalue weighted by molar-refractivity contribution is 0.313. The fraction of sp³-hybridized carbons (Fsp3) is 0.556. The summed E-state index contributed by atoms with van der Waals surface area (Å²) < 4.78 is 2.14. The molecule has 3 N–H and O–H groups in total. The molecule has 4 heteroatoms. The van der Waals surface area contributed by atoms with Crippen LogP contribution in [-0.4, -0.2) is 15.4 Å². The molecule has 1 aromatic rings. The molecule has 2 rings (SSSR count).